The van der Waals surface area contributed by atoms with Gasteiger partial charge in [-0.25, -0.2) is 8.42 Å². The van der Waals surface area contributed by atoms with E-state index in [4.69, 9.17) is 0 Å². The molecule has 134 valence electrons. The van der Waals surface area contributed by atoms with Crippen LogP contribution in [0.1, 0.15) is 27.0 Å². The van der Waals surface area contributed by atoms with E-state index in [-0.39, 0.29) is 12.5 Å². The molecule has 2 aromatic carbocycles. The molecule has 0 heterocycles. The normalized spacial score (nSPS) is 11.2. The summed E-state index contributed by atoms with van der Waals surface area (Å²) in [4.78, 5) is 13.5. The highest BCUT2D eigenvalue weighted by molar-refractivity contribution is 7.92. The summed E-state index contributed by atoms with van der Waals surface area (Å²) >= 11 is 0. The van der Waals surface area contributed by atoms with E-state index in [0.717, 1.165) is 16.7 Å². The van der Waals surface area contributed by atoms with Gasteiger partial charge in [-0.2, -0.15) is 0 Å². The van der Waals surface area contributed by atoms with Crippen LogP contribution in [0.2, 0.25) is 0 Å². The van der Waals surface area contributed by atoms with Crippen LogP contribution >= 0.6 is 0 Å². The molecule has 0 radical (unpaired) electrons. The number of carbonyl (C=O) groups excluding carboxylic acids is 1. The van der Waals surface area contributed by atoms with E-state index < -0.39 is 10.0 Å². The van der Waals surface area contributed by atoms with Gasteiger partial charge in [0, 0.05) is 19.7 Å². The summed E-state index contributed by atoms with van der Waals surface area (Å²) in [5, 5.41) is 0. The molecule has 0 spiro atoms. The minimum Gasteiger partial charge on any atom is -0.345 e. The largest absolute Gasteiger partial charge is 0.345 e. The lowest BCUT2D eigenvalue weighted by Crippen LogP contribution is -2.30. The van der Waals surface area contributed by atoms with Crippen LogP contribution in [-0.2, 0) is 16.6 Å². The molecule has 0 fully saturated rings. The van der Waals surface area contributed by atoms with Gasteiger partial charge in [0.05, 0.1) is 18.5 Å². The zero-order valence-electron chi connectivity index (χ0n) is 15.3. The third-order valence-corrected chi connectivity index (χ3v) is 5.13. The number of aryl methyl sites for hydroxylation is 2. The zero-order valence-corrected chi connectivity index (χ0v) is 16.1. The molecule has 0 saturated heterocycles. The summed E-state index contributed by atoms with van der Waals surface area (Å²) in [6.07, 6.45) is 1.21. The quantitative estimate of drug-likeness (QED) is 0.824. The molecule has 2 rings (SSSR count). The number of nitrogens with zero attached hydrogens (tertiary/aromatic N) is 2. The molecule has 0 N–H and O–H groups in total. The predicted molar refractivity (Wildman–Crippen MR) is 101 cm³/mol. The molecular weight excluding hydrogens is 336 g/mol. The Morgan fingerprint density at radius 1 is 0.960 bits per heavy atom. The third kappa shape index (κ3) is 4.39. The van der Waals surface area contributed by atoms with Gasteiger partial charge in [0.2, 0.25) is 10.0 Å². The van der Waals surface area contributed by atoms with Crippen LogP contribution in [0.5, 0.6) is 0 Å². The molecule has 6 heteroatoms. The Balaban J connectivity index is 2.38. The first-order valence-corrected chi connectivity index (χ1v) is 9.80. The maximum Gasteiger partial charge on any atom is 0.253 e. The molecule has 0 aliphatic carbocycles. The highest BCUT2D eigenvalue weighted by Gasteiger charge is 2.21. The van der Waals surface area contributed by atoms with E-state index in [1.807, 2.05) is 32.0 Å². The fourth-order valence-electron chi connectivity index (χ4n) is 2.74. The van der Waals surface area contributed by atoms with Crippen molar-refractivity contribution in [1.29, 1.82) is 0 Å². The maximum atomic E-state index is 12.4. The molecule has 0 saturated carbocycles. The minimum atomic E-state index is -3.44. The molecule has 0 atom stereocenters. The Hall–Kier alpha value is -2.34. The van der Waals surface area contributed by atoms with Crippen LogP contribution in [0.25, 0.3) is 0 Å². The van der Waals surface area contributed by atoms with Crippen LogP contribution in [0, 0.1) is 13.8 Å². The van der Waals surface area contributed by atoms with E-state index in [2.05, 4.69) is 0 Å². The highest BCUT2D eigenvalue weighted by atomic mass is 32.2. The van der Waals surface area contributed by atoms with Crippen LogP contribution < -0.4 is 4.31 Å². The molecule has 25 heavy (non-hydrogen) atoms. The number of hydrogen-bond donors (Lipinski definition) is 0. The fraction of sp³-hybridized carbons (Fsp3) is 0.316. The van der Waals surface area contributed by atoms with E-state index in [9.17, 15) is 13.2 Å². The van der Waals surface area contributed by atoms with Gasteiger partial charge in [0.1, 0.15) is 0 Å². The molecule has 0 unspecified atom stereocenters. The Bertz CT molecular complexity index is 852. The van der Waals surface area contributed by atoms with Crippen molar-refractivity contribution < 1.29 is 13.2 Å². The van der Waals surface area contributed by atoms with Crippen LogP contribution in [0.4, 0.5) is 5.69 Å². The second-order valence-electron chi connectivity index (χ2n) is 6.41. The number of amides is 1. The average Bonchev–Trinajstić information content (AvgIpc) is 2.52. The smallest absolute Gasteiger partial charge is 0.253 e. The van der Waals surface area contributed by atoms with Crippen molar-refractivity contribution in [2.75, 3.05) is 24.7 Å². The monoisotopic (exact) mass is 360 g/mol. The van der Waals surface area contributed by atoms with E-state index in [0.29, 0.717) is 11.3 Å². The Morgan fingerprint density at radius 3 is 1.92 bits per heavy atom. The number of para-hydroxylation sites is 1. The number of rotatable bonds is 5. The lowest BCUT2D eigenvalue weighted by molar-refractivity contribution is 0.0827. The predicted octanol–water partition coefficient (Wildman–Crippen LogP) is 2.97. The van der Waals surface area contributed by atoms with Crippen LogP contribution in [0.3, 0.4) is 0 Å². The number of hydrogen-bond acceptors (Lipinski definition) is 3. The number of sulfonamides is 1. The third-order valence-electron chi connectivity index (χ3n) is 4.02. The summed E-state index contributed by atoms with van der Waals surface area (Å²) < 4.78 is 26.2. The minimum absolute atomic E-state index is 0.0822. The van der Waals surface area contributed by atoms with Gasteiger partial charge in [-0.3, -0.25) is 9.10 Å². The molecule has 0 aliphatic heterocycles. The standard InChI is InChI=1S/C19H24N2O3S/c1-14-7-6-8-15(2)18(14)21(25(5,23)24)13-16-9-11-17(12-10-16)19(22)20(3)4/h6-12H,13H2,1-5H3. The van der Waals surface area contributed by atoms with Crippen molar-refractivity contribution in [3.8, 4) is 0 Å². The molecule has 0 aliphatic rings. The second kappa shape index (κ2) is 7.27. The van der Waals surface area contributed by atoms with Crippen molar-refractivity contribution in [3.05, 3.63) is 64.7 Å². The van der Waals surface area contributed by atoms with Gasteiger partial charge in [-0.05, 0) is 42.7 Å². The zero-order chi connectivity index (χ0) is 18.8. The number of carbonyl (C=O) groups is 1. The topological polar surface area (TPSA) is 57.7 Å². The van der Waals surface area contributed by atoms with Crippen LogP contribution in [-0.4, -0.2) is 39.6 Å². The number of anilines is 1. The molecular formula is C19H24N2O3S. The molecule has 2 aromatic rings. The Morgan fingerprint density at radius 2 is 1.48 bits per heavy atom. The maximum absolute atomic E-state index is 12.4. The van der Waals surface area contributed by atoms with Gasteiger partial charge in [-0.15, -0.1) is 0 Å². The van der Waals surface area contributed by atoms with Gasteiger partial charge in [0.25, 0.3) is 5.91 Å². The highest BCUT2D eigenvalue weighted by Crippen LogP contribution is 2.28. The average molecular weight is 360 g/mol. The van der Waals surface area contributed by atoms with Crippen LogP contribution in [0.15, 0.2) is 42.5 Å². The van der Waals surface area contributed by atoms with Crippen molar-refractivity contribution >= 4 is 21.6 Å². The lowest BCUT2D eigenvalue weighted by Gasteiger charge is -2.26. The Kier molecular flexibility index (Phi) is 5.52. The van der Waals surface area contributed by atoms with Gasteiger partial charge in [0.15, 0.2) is 0 Å². The van der Waals surface area contributed by atoms with E-state index >= 15 is 0 Å². The summed E-state index contributed by atoms with van der Waals surface area (Å²) in [6, 6.07) is 12.8. The van der Waals surface area contributed by atoms with Gasteiger partial charge < -0.3 is 4.90 Å². The number of benzene rings is 2. The molecule has 0 bridgehead atoms. The first kappa shape index (κ1) is 19.0. The first-order valence-electron chi connectivity index (χ1n) is 7.96. The SMILES string of the molecule is Cc1cccc(C)c1N(Cc1ccc(C(=O)N(C)C)cc1)S(C)(=O)=O. The second-order valence-corrected chi connectivity index (χ2v) is 8.31. The van der Waals surface area contributed by atoms with Crippen molar-refractivity contribution in [2.45, 2.75) is 20.4 Å². The van der Waals surface area contributed by atoms with E-state index in [1.54, 1.807) is 38.4 Å². The van der Waals surface area contributed by atoms with Crippen molar-refractivity contribution in [3.63, 3.8) is 0 Å². The summed E-state index contributed by atoms with van der Waals surface area (Å²) in [5.41, 5.74) is 3.92. The van der Waals surface area contributed by atoms with Gasteiger partial charge >= 0.3 is 0 Å². The lowest BCUT2D eigenvalue weighted by atomic mass is 10.1. The summed E-state index contributed by atoms with van der Waals surface area (Å²) in [7, 11) is -0.0489. The summed E-state index contributed by atoms with van der Waals surface area (Å²) in [5.74, 6) is -0.0822. The molecule has 0 aromatic heterocycles. The molecule has 5 nitrogen and oxygen atoms in total. The van der Waals surface area contributed by atoms with Crippen molar-refractivity contribution in [1.82, 2.24) is 4.90 Å². The summed E-state index contributed by atoms with van der Waals surface area (Å²) in [6.45, 7) is 4.03. The van der Waals surface area contributed by atoms with Crippen molar-refractivity contribution in [2.24, 2.45) is 0 Å². The van der Waals surface area contributed by atoms with Gasteiger partial charge in [-0.1, -0.05) is 30.3 Å². The fourth-order valence-corrected chi connectivity index (χ4v) is 3.74. The first-order chi connectivity index (χ1) is 11.6. The molecule has 1 amide bonds. The van der Waals surface area contributed by atoms with E-state index in [1.165, 1.54) is 15.5 Å². The Labute approximate surface area is 149 Å².